The molecule has 0 atom stereocenters. The quantitative estimate of drug-likeness (QED) is 0.169. The smallest absolute Gasteiger partial charge is 0.0974 e. The summed E-state index contributed by atoms with van der Waals surface area (Å²) in [5, 5.41) is 7.49. The van der Waals surface area contributed by atoms with Crippen LogP contribution in [0.4, 0.5) is 0 Å². The Morgan fingerprint density at radius 2 is 1.20 bits per heavy atom. The van der Waals surface area contributed by atoms with Crippen molar-refractivity contribution in [3.05, 3.63) is 175 Å². The Bertz CT molecular complexity index is 3120. The van der Waals surface area contributed by atoms with Crippen LogP contribution in [0.1, 0.15) is 12.8 Å². The predicted octanol–water partition coefficient (Wildman–Crippen LogP) is 12.6. The molecule has 0 saturated carbocycles. The van der Waals surface area contributed by atoms with E-state index in [9.17, 15) is 0 Å². The Labute approximate surface area is 294 Å². The molecule has 0 radical (unpaired) electrons. The first-order valence-corrected chi connectivity index (χ1v) is 17.7. The molecule has 3 heterocycles. The van der Waals surface area contributed by atoms with Crippen molar-refractivity contribution in [2.45, 2.75) is 12.8 Å². The van der Waals surface area contributed by atoms with Crippen molar-refractivity contribution in [2.24, 2.45) is 0 Å². The van der Waals surface area contributed by atoms with Crippen molar-refractivity contribution in [3.63, 3.8) is 0 Å². The molecule has 51 heavy (non-hydrogen) atoms. The summed E-state index contributed by atoms with van der Waals surface area (Å²) in [5.41, 5.74) is 19.8. The SMILES string of the molecule is C1=C=C(n2c3cc(-c4ccccc4)ccc3c3ccc4c(c5c6c(ccc5n4-c4ccccc4)c4ccccc4n6C4=CC=CCC4)c32)C=CC=1. The third kappa shape index (κ3) is 4.02. The zero-order chi connectivity index (χ0) is 33.5. The summed E-state index contributed by atoms with van der Waals surface area (Å²) in [5.74, 6) is 0. The number of fused-ring (bicyclic) bond motifs is 11. The first kappa shape index (κ1) is 28.1. The summed E-state index contributed by atoms with van der Waals surface area (Å²) in [6, 6.07) is 46.6. The monoisotopic (exact) mass is 649 g/mol. The van der Waals surface area contributed by atoms with Crippen LogP contribution >= 0.6 is 0 Å². The normalized spacial score (nSPS) is 14.2. The van der Waals surface area contributed by atoms with Crippen molar-refractivity contribution in [3.8, 4) is 16.8 Å². The molecule has 0 amide bonds. The van der Waals surface area contributed by atoms with E-state index in [1.807, 2.05) is 6.08 Å². The Hall–Kier alpha value is -6.76. The molecule has 6 aromatic carbocycles. The lowest BCUT2D eigenvalue weighted by Gasteiger charge is -2.15. The molecule has 2 aliphatic rings. The second kappa shape index (κ2) is 10.9. The number of benzene rings is 6. The van der Waals surface area contributed by atoms with Crippen molar-refractivity contribution in [1.29, 1.82) is 0 Å². The average molecular weight is 650 g/mol. The Morgan fingerprint density at radius 1 is 0.510 bits per heavy atom. The lowest BCUT2D eigenvalue weighted by atomic mass is 10.0. The topological polar surface area (TPSA) is 14.8 Å². The second-order valence-corrected chi connectivity index (χ2v) is 13.5. The average Bonchev–Trinajstić information content (AvgIpc) is 3.84. The second-order valence-electron chi connectivity index (χ2n) is 13.5. The molecule has 3 nitrogen and oxygen atoms in total. The zero-order valence-electron chi connectivity index (χ0n) is 27.8. The minimum absolute atomic E-state index is 0.976. The third-order valence-corrected chi connectivity index (χ3v) is 10.7. The highest BCUT2D eigenvalue weighted by Crippen LogP contribution is 2.47. The highest BCUT2D eigenvalue weighted by molar-refractivity contribution is 6.33. The van der Waals surface area contributed by atoms with E-state index < -0.39 is 0 Å². The first-order chi connectivity index (χ1) is 25.3. The summed E-state index contributed by atoms with van der Waals surface area (Å²) in [4.78, 5) is 0. The fourth-order valence-corrected chi connectivity index (χ4v) is 8.60. The minimum atomic E-state index is 0.976. The van der Waals surface area contributed by atoms with Crippen LogP contribution < -0.4 is 0 Å². The largest absolute Gasteiger partial charge is 0.312 e. The van der Waals surface area contributed by atoms with Gasteiger partial charge in [-0.25, -0.2) is 0 Å². The molecular formula is C48H31N3. The Balaban J connectivity index is 1.42. The van der Waals surface area contributed by atoms with Crippen LogP contribution in [0.3, 0.4) is 0 Å². The maximum absolute atomic E-state index is 3.50. The van der Waals surface area contributed by atoms with Gasteiger partial charge in [0.1, 0.15) is 0 Å². The molecule has 0 unspecified atom stereocenters. The van der Waals surface area contributed by atoms with Gasteiger partial charge in [-0.1, -0.05) is 115 Å². The highest BCUT2D eigenvalue weighted by Gasteiger charge is 2.26. The van der Waals surface area contributed by atoms with E-state index in [4.69, 9.17) is 0 Å². The van der Waals surface area contributed by atoms with Crippen LogP contribution in [0.15, 0.2) is 175 Å². The first-order valence-electron chi connectivity index (χ1n) is 17.7. The van der Waals surface area contributed by atoms with E-state index in [1.54, 1.807) is 0 Å². The van der Waals surface area contributed by atoms with Crippen LogP contribution in [-0.4, -0.2) is 13.7 Å². The van der Waals surface area contributed by atoms with Gasteiger partial charge in [0.15, 0.2) is 0 Å². The van der Waals surface area contributed by atoms with Gasteiger partial charge in [0.2, 0.25) is 0 Å². The van der Waals surface area contributed by atoms with Gasteiger partial charge in [0.05, 0.1) is 38.8 Å². The van der Waals surface area contributed by atoms with E-state index >= 15 is 0 Å². The standard InChI is InChI=1S/C48H31N3/c1-5-15-32(16-6-1)33-25-26-38-40-28-30-43-46(48(40)51(44(38)31-33)36-21-11-4-12-22-36)45-42(49(43)34-17-7-2-8-18-34)29-27-39-37-23-13-14-24-41(37)50(47(39)45)35-19-9-3-10-20-35/h1-9,11,13-19,21,23-31H,10,20H2. The van der Waals surface area contributed by atoms with Crippen molar-refractivity contribution < 1.29 is 0 Å². The van der Waals surface area contributed by atoms with Gasteiger partial charge < -0.3 is 13.7 Å². The fraction of sp³-hybridized carbons (Fsp3) is 0.0417. The maximum atomic E-state index is 3.50. The summed E-state index contributed by atoms with van der Waals surface area (Å²) in [6.07, 6.45) is 15.0. The van der Waals surface area contributed by atoms with Crippen molar-refractivity contribution >= 4 is 76.8 Å². The van der Waals surface area contributed by atoms with E-state index in [2.05, 4.69) is 183 Å². The molecule has 0 spiro atoms. The third-order valence-electron chi connectivity index (χ3n) is 10.7. The van der Waals surface area contributed by atoms with Crippen LogP contribution in [0.5, 0.6) is 0 Å². The number of hydrogen-bond acceptors (Lipinski definition) is 0. The van der Waals surface area contributed by atoms with Gasteiger partial charge in [0, 0.05) is 43.7 Å². The van der Waals surface area contributed by atoms with Crippen LogP contribution in [0, 0.1) is 0 Å². The van der Waals surface area contributed by atoms with Crippen LogP contribution in [0.2, 0.25) is 0 Å². The van der Waals surface area contributed by atoms with Crippen molar-refractivity contribution in [1.82, 2.24) is 13.7 Å². The molecule has 9 aromatic rings. The number of rotatable bonds is 4. The number of allylic oxidation sites excluding steroid dienone is 8. The molecule has 11 rings (SSSR count). The van der Waals surface area contributed by atoms with Gasteiger partial charge >= 0.3 is 0 Å². The van der Waals surface area contributed by atoms with E-state index in [-0.39, 0.29) is 0 Å². The molecule has 0 saturated heterocycles. The molecule has 0 aliphatic heterocycles. The number of hydrogen-bond donors (Lipinski definition) is 0. The number of nitrogens with zero attached hydrogens (tertiary/aromatic N) is 3. The Kier molecular flexibility index (Phi) is 5.99. The van der Waals surface area contributed by atoms with Gasteiger partial charge in [0.25, 0.3) is 0 Å². The van der Waals surface area contributed by atoms with Gasteiger partial charge in [-0.05, 0) is 84.3 Å². The molecule has 3 aromatic heterocycles. The molecular weight excluding hydrogens is 619 g/mol. The minimum Gasteiger partial charge on any atom is -0.312 e. The van der Waals surface area contributed by atoms with Gasteiger partial charge in [-0.3, -0.25) is 0 Å². The predicted molar refractivity (Wildman–Crippen MR) is 215 cm³/mol. The lowest BCUT2D eigenvalue weighted by molar-refractivity contribution is 0.980. The van der Waals surface area contributed by atoms with Crippen LogP contribution in [-0.2, 0) is 0 Å². The molecule has 2 aliphatic carbocycles. The Morgan fingerprint density at radius 3 is 1.92 bits per heavy atom. The summed E-state index contributed by atoms with van der Waals surface area (Å²) < 4.78 is 7.44. The summed E-state index contributed by atoms with van der Waals surface area (Å²) >= 11 is 0. The molecule has 238 valence electrons. The molecule has 0 bridgehead atoms. The van der Waals surface area contributed by atoms with E-state index in [0.717, 1.165) is 29.7 Å². The summed E-state index contributed by atoms with van der Waals surface area (Å²) in [7, 11) is 0. The molecule has 0 N–H and O–H groups in total. The zero-order valence-corrected chi connectivity index (χ0v) is 27.8. The molecule has 0 fully saturated rings. The number of aromatic nitrogens is 3. The van der Waals surface area contributed by atoms with Crippen molar-refractivity contribution in [2.75, 3.05) is 0 Å². The lowest BCUT2D eigenvalue weighted by Crippen LogP contribution is -1.99. The number of para-hydroxylation sites is 2. The van der Waals surface area contributed by atoms with E-state index in [1.165, 1.54) is 76.7 Å². The highest BCUT2D eigenvalue weighted by atomic mass is 15.0. The maximum Gasteiger partial charge on any atom is 0.0974 e. The fourth-order valence-electron chi connectivity index (χ4n) is 8.60. The van der Waals surface area contributed by atoms with Gasteiger partial charge in [-0.2, -0.15) is 0 Å². The van der Waals surface area contributed by atoms with Gasteiger partial charge in [-0.15, -0.1) is 0 Å². The molecule has 3 heteroatoms. The van der Waals surface area contributed by atoms with Crippen LogP contribution in [0.25, 0.3) is 93.6 Å². The van der Waals surface area contributed by atoms with E-state index in [0.29, 0.717) is 0 Å². The summed E-state index contributed by atoms with van der Waals surface area (Å²) in [6.45, 7) is 0.